The van der Waals surface area contributed by atoms with Crippen molar-refractivity contribution in [1.29, 1.82) is 0 Å². The zero-order chi connectivity index (χ0) is 27.3. The molecule has 0 saturated carbocycles. The molecule has 3 aromatic rings. The van der Waals surface area contributed by atoms with Gasteiger partial charge < -0.3 is 14.6 Å². The van der Waals surface area contributed by atoms with Gasteiger partial charge >= 0.3 is 5.97 Å². The first-order valence-corrected chi connectivity index (χ1v) is 12.5. The van der Waals surface area contributed by atoms with Crippen molar-refractivity contribution in [2.75, 3.05) is 7.11 Å². The summed E-state index contributed by atoms with van der Waals surface area (Å²) in [7, 11) is 1.36. The average molecular weight is 530 g/mol. The van der Waals surface area contributed by atoms with Crippen LogP contribution in [0.25, 0.3) is 0 Å². The van der Waals surface area contributed by atoms with Crippen molar-refractivity contribution < 1.29 is 33.0 Å². The molecule has 1 heterocycles. The van der Waals surface area contributed by atoms with Crippen LogP contribution in [-0.2, 0) is 9.53 Å². The lowest BCUT2D eigenvalue weighted by Gasteiger charge is -2.27. The number of carbonyl (C=O) groups excluding carboxylic acids is 2. The van der Waals surface area contributed by atoms with Crippen LogP contribution in [0.2, 0.25) is 0 Å². The van der Waals surface area contributed by atoms with E-state index in [9.17, 15) is 23.5 Å². The molecule has 37 heavy (non-hydrogen) atoms. The van der Waals surface area contributed by atoms with E-state index in [0.29, 0.717) is 5.56 Å². The summed E-state index contributed by atoms with van der Waals surface area (Å²) in [6, 6.07) is 10.3. The number of nitrogens with zero attached hydrogens (tertiary/aromatic N) is 1. The SMILES string of the molecule is COc1ccnc(C(=O)C[C@@H](C)C(=O)O[C@@H](C)[C@H](Sc2ccc(F)cc2C)c2ccc(F)cc2C)c1O. The number of aryl methyl sites for hydroxylation is 2. The highest BCUT2D eigenvalue weighted by molar-refractivity contribution is 7.99. The van der Waals surface area contributed by atoms with Gasteiger partial charge in [0, 0.05) is 23.6 Å². The highest BCUT2D eigenvalue weighted by Crippen LogP contribution is 2.42. The Kier molecular flexibility index (Phi) is 9.26. The second-order valence-electron chi connectivity index (χ2n) is 8.83. The van der Waals surface area contributed by atoms with E-state index in [1.807, 2.05) is 0 Å². The molecule has 0 radical (unpaired) electrons. The third-order valence-corrected chi connectivity index (χ3v) is 7.53. The van der Waals surface area contributed by atoms with E-state index in [4.69, 9.17) is 9.47 Å². The van der Waals surface area contributed by atoms with Gasteiger partial charge in [0.1, 0.15) is 17.7 Å². The molecule has 196 valence electrons. The number of thioether (sulfide) groups is 1. The third-order valence-electron chi connectivity index (χ3n) is 5.92. The minimum atomic E-state index is -0.824. The summed E-state index contributed by atoms with van der Waals surface area (Å²) in [5.74, 6) is -2.98. The number of hydrogen-bond acceptors (Lipinski definition) is 7. The van der Waals surface area contributed by atoms with E-state index in [1.54, 1.807) is 39.8 Å². The summed E-state index contributed by atoms with van der Waals surface area (Å²) in [5.41, 5.74) is 1.99. The quantitative estimate of drug-likeness (QED) is 0.186. The Balaban J connectivity index is 1.79. The van der Waals surface area contributed by atoms with Crippen LogP contribution in [0.3, 0.4) is 0 Å². The van der Waals surface area contributed by atoms with Crippen LogP contribution in [0.5, 0.6) is 11.5 Å². The number of methoxy groups -OCH3 is 1. The van der Waals surface area contributed by atoms with Crippen molar-refractivity contribution in [3.63, 3.8) is 0 Å². The first-order chi connectivity index (χ1) is 17.5. The first kappa shape index (κ1) is 28.1. The molecule has 6 nitrogen and oxygen atoms in total. The molecule has 1 aromatic heterocycles. The highest BCUT2D eigenvalue weighted by atomic mass is 32.2. The second kappa shape index (κ2) is 12.2. The molecule has 0 bridgehead atoms. The van der Waals surface area contributed by atoms with E-state index in [-0.39, 0.29) is 35.2 Å². The number of aromatic nitrogens is 1. The predicted molar refractivity (Wildman–Crippen MR) is 137 cm³/mol. The summed E-state index contributed by atoms with van der Waals surface area (Å²) in [6.45, 7) is 6.83. The number of carbonyl (C=O) groups is 2. The standard InChI is InChI=1S/C28H29F2NO5S/c1-15-12-19(29)6-8-21(15)27(37-24-9-7-20(30)13-16(24)2)18(4)36-28(34)17(3)14-22(32)25-26(33)23(35-5)10-11-31-25/h6-13,17-18,27,33H,14H2,1-5H3/t17-,18+,27+/m1/s1. The van der Waals surface area contributed by atoms with Crippen LogP contribution in [0.4, 0.5) is 8.78 Å². The van der Waals surface area contributed by atoms with Crippen molar-refractivity contribution in [3.8, 4) is 11.5 Å². The normalized spacial score (nSPS) is 13.5. The van der Waals surface area contributed by atoms with Crippen LogP contribution in [0.1, 0.15) is 52.7 Å². The highest BCUT2D eigenvalue weighted by Gasteiger charge is 2.30. The second-order valence-corrected chi connectivity index (χ2v) is 10.0. The lowest BCUT2D eigenvalue weighted by Crippen LogP contribution is -2.26. The van der Waals surface area contributed by atoms with Gasteiger partial charge in [0.25, 0.3) is 0 Å². The van der Waals surface area contributed by atoms with Crippen molar-refractivity contribution >= 4 is 23.5 Å². The smallest absolute Gasteiger partial charge is 0.309 e. The Morgan fingerprint density at radius 3 is 2.30 bits per heavy atom. The van der Waals surface area contributed by atoms with Crippen LogP contribution in [-0.4, -0.2) is 35.1 Å². The van der Waals surface area contributed by atoms with Gasteiger partial charge in [0.15, 0.2) is 23.0 Å². The Morgan fingerprint density at radius 2 is 1.68 bits per heavy atom. The number of ether oxygens (including phenoxy) is 2. The lowest BCUT2D eigenvalue weighted by molar-refractivity contribution is -0.152. The summed E-state index contributed by atoms with van der Waals surface area (Å²) in [5, 5.41) is 9.77. The van der Waals surface area contributed by atoms with Gasteiger partial charge in [-0.2, -0.15) is 0 Å². The van der Waals surface area contributed by atoms with Gasteiger partial charge in [-0.25, -0.2) is 13.8 Å². The van der Waals surface area contributed by atoms with Crippen molar-refractivity contribution in [2.24, 2.45) is 5.92 Å². The maximum atomic E-state index is 13.8. The Hall–Kier alpha value is -3.46. The fraction of sp³-hybridized carbons (Fsp3) is 0.321. The van der Waals surface area contributed by atoms with Crippen LogP contribution >= 0.6 is 11.8 Å². The Morgan fingerprint density at radius 1 is 1.03 bits per heavy atom. The van der Waals surface area contributed by atoms with E-state index >= 15 is 0 Å². The molecule has 2 aromatic carbocycles. The van der Waals surface area contributed by atoms with Gasteiger partial charge in [0.05, 0.1) is 18.3 Å². The van der Waals surface area contributed by atoms with Crippen molar-refractivity contribution in [3.05, 3.63) is 82.7 Å². The monoisotopic (exact) mass is 529 g/mol. The molecule has 3 atom stereocenters. The zero-order valence-electron chi connectivity index (χ0n) is 21.2. The molecule has 0 unspecified atom stereocenters. The minimum absolute atomic E-state index is 0.104. The first-order valence-electron chi connectivity index (χ1n) is 11.7. The Labute approximate surface area is 219 Å². The lowest BCUT2D eigenvalue weighted by atomic mass is 10.0. The van der Waals surface area contributed by atoms with Gasteiger partial charge in [-0.3, -0.25) is 9.59 Å². The number of Topliss-reactive ketones (excluding diaryl/α,β-unsaturated/α-hetero) is 1. The van der Waals surface area contributed by atoms with Gasteiger partial charge in [-0.05, 0) is 67.8 Å². The number of benzene rings is 2. The number of halogens is 2. The van der Waals surface area contributed by atoms with Gasteiger partial charge in [-0.15, -0.1) is 11.8 Å². The van der Waals surface area contributed by atoms with E-state index in [1.165, 1.54) is 55.4 Å². The number of esters is 1. The maximum Gasteiger partial charge on any atom is 0.309 e. The molecular weight excluding hydrogens is 500 g/mol. The number of aromatic hydroxyl groups is 1. The molecule has 0 fully saturated rings. The van der Waals surface area contributed by atoms with Crippen LogP contribution in [0, 0.1) is 31.4 Å². The molecule has 3 rings (SSSR count). The van der Waals surface area contributed by atoms with Gasteiger partial charge in [-0.1, -0.05) is 13.0 Å². The van der Waals surface area contributed by atoms with Crippen LogP contribution in [0.15, 0.2) is 53.6 Å². The van der Waals surface area contributed by atoms with Crippen molar-refractivity contribution in [2.45, 2.75) is 50.4 Å². The minimum Gasteiger partial charge on any atom is -0.503 e. The summed E-state index contributed by atoms with van der Waals surface area (Å²) in [4.78, 5) is 30.4. The van der Waals surface area contributed by atoms with E-state index in [0.717, 1.165) is 16.0 Å². The molecule has 1 N–H and O–H groups in total. The number of ketones is 1. The molecule has 0 aliphatic carbocycles. The fourth-order valence-corrected chi connectivity index (χ4v) is 5.18. The fourth-order valence-electron chi connectivity index (χ4n) is 3.88. The van der Waals surface area contributed by atoms with Crippen molar-refractivity contribution in [1.82, 2.24) is 4.98 Å². The van der Waals surface area contributed by atoms with Crippen LogP contribution < -0.4 is 4.74 Å². The molecule has 0 aliphatic heterocycles. The number of hydrogen-bond donors (Lipinski definition) is 1. The van der Waals surface area contributed by atoms with E-state index in [2.05, 4.69) is 4.98 Å². The number of pyridine rings is 1. The summed E-state index contributed by atoms with van der Waals surface area (Å²) in [6.07, 6.45) is 0.428. The summed E-state index contributed by atoms with van der Waals surface area (Å²) < 4.78 is 38.2. The molecule has 0 amide bonds. The van der Waals surface area contributed by atoms with E-state index < -0.39 is 29.0 Å². The van der Waals surface area contributed by atoms with Gasteiger partial charge in [0.2, 0.25) is 0 Å². The molecule has 0 saturated heterocycles. The molecule has 0 aliphatic rings. The Bertz CT molecular complexity index is 1300. The largest absolute Gasteiger partial charge is 0.503 e. The predicted octanol–water partition coefficient (Wildman–Crippen LogP) is 6.37. The topological polar surface area (TPSA) is 85.7 Å². The average Bonchev–Trinajstić information content (AvgIpc) is 2.84. The maximum absolute atomic E-state index is 13.8. The third kappa shape index (κ3) is 6.85. The molecule has 0 spiro atoms. The number of rotatable bonds is 10. The molecule has 9 heteroatoms. The summed E-state index contributed by atoms with van der Waals surface area (Å²) >= 11 is 1.39. The molecular formula is C28H29F2NO5S. The zero-order valence-corrected chi connectivity index (χ0v) is 22.1.